The maximum absolute atomic E-state index is 10.8. The number of rotatable bonds is 4. The van der Waals surface area contributed by atoms with Crippen LogP contribution in [0.1, 0.15) is 24.6 Å². The van der Waals surface area contributed by atoms with E-state index in [0.717, 1.165) is 5.69 Å². The Kier molecular flexibility index (Phi) is 4.00. The normalized spacial score (nSPS) is 12.1. The molecule has 0 aliphatic rings. The Morgan fingerprint density at radius 1 is 1.71 bits per heavy atom. The van der Waals surface area contributed by atoms with Crippen molar-refractivity contribution in [3.8, 4) is 0 Å². The first-order valence-corrected chi connectivity index (χ1v) is 4.32. The summed E-state index contributed by atoms with van der Waals surface area (Å²) in [5.41, 5.74) is 6.54. The number of hydrogen-bond donors (Lipinski definition) is 1. The molecule has 1 atom stereocenters. The summed E-state index contributed by atoms with van der Waals surface area (Å²) in [4.78, 5) is 18.6. The summed E-state index contributed by atoms with van der Waals surface area (Å²) in [7, 11) is 1.36. The van der Waals surface area contributed by atoms with Crippen LogP contribution in [0.25, 0.3) is 0 Å². The molecule has 0 bridgehead atoms. The van der Waals surface area contributed by atoms with E-state index in [1.807, 2.05) is 0 Å². The zero-order valence-electron chi connectivity index (χ0n) is 8.01. The average Bonchev–Trinajstić information content (AvgIpc) is 2.26. The maximum Gasteiger partial charge on any atom is 0.305 e. The Morgan fingerprint density at radius 2 is 2.50 bits per heavy atom. The van der Waals surface area contributed by atoms with Gasteiger partial charge in [0.05, 0.1) is 12.8 Å². The van der Waals surface area contributed by atoms with Crippen LogP contribution in [0.3, 0.4) is 0 Å². The molecule has 2 N–H and O–H groups in total. The molecule has 1 aromatic heterocycles. The topological polar surface area (TPSA) is 78.1 Å². The van der Waals surface area contributed by atoms with Crippen molar-refractivity contribution in [3.05, 3.63) is 24.3 Å². The summed E-state index contributed by atoms with van der Waals surface area (Å²) in [6.45, 7) is 0. The van der Waals surface area contributed by atoms with Gasteiger partial charge in [0, 0.05) is 18.7 Å². The van der Waals surface area contributed by atoms with Gasteiger partial charge in [0.2, 0.25) is 0 Å². The first kappa shape index (κ1) is 10.6. The number of aromatic nitrogens is 2. The summed E-state index contributed by atoms with van der Waals surface area (Å²) in [6, 6.07) is 1.50. The molecule has 1 unspecified atom stereocenters. The lowest BCUT2D eigenvalue weighted by atomic mass is 10.1. The second-order valence-corrected chi connectivity index (χ2v) is 2.86. The van der Waals surface area contributed by atoms with E-state index in [9.17, 15) is 4.79 Å². The summed E-state index contributed by atoms with van der Waals surface area (Å²) >= 11 is 0. The minimum absolute atomic E-state index is 0.239. The molecular formula is C9H13N3O2. The molecule has 0 saturated carbocycles. The van der Waals surface area contributed by atoms with Gasteiger partial charge in [-0.25, -0.2) is 9.97 Å². The largest absolute Gasteiger partial charge is 0.469 e. The van der Waals surface area contributed by atoms with Crippen LogP contribution in [-0.2, 0) is 9.53 Å². The fourth-order valence-electron chi connectivity index (χ4n) is 1.04. The van der Waals surface area contributed by atoms with E-state index in [1.165, 1.54) is 13.4 Å². The van der Waals surface area contributed by atoms with Gasteiger partial charge >= 0.3 is 5.97 Å². The second-order valence-electron chi connectivity index (χ2n) is 2.86. The fourth-order valence-corrected chi connectivity index (χ4v) is 1.04. The zero-order chi connectivity index (χ0) is 10.4. The molecule has 14 heavy (non-hydrogen) atoms. The van der Waals surface area contributed by atoms with E-state index in [2.05, 4.69) is 14.7 Å². The minimum Gasteiger partial charge on any atom is -0.469 e. The van der Waals surface area contributed by atoms with Crippen LogP contribution >= 0.6 is 0 Å². The lowest BCUT2D eigenvalue weighted by Crippen LogP contribution is -2.14. The van der Waals surface area contributed by atoms with Gasteiger partial charge in [-0.05, 0) is 12.5 Å². The lowest BCUT2D eigenvalue weighted by Gasteiger charge is -2.08. The van der Waals surface area contributed by atoms with Crippen LogP contribution in [0.2, 0.25) is 0 Å². The molecule has 0 saturated heterocycles. The molecule has 0 spiro atoms. The first-order chi connectivity index (χ1) is 6.74. The minimum atomic E-state index is -0.255. The Bertz CT molecular complexity index is 289. The van der Waals surface area contributed by atoms with Crippen molar-refractivity contribution in [2.45, 2.75) is 18.9 Å². The number of methoxy groups -OCH3 is 1. The van der Waals surface area contributed by atoms with Crippen LogP contribution in [0.15, 0.2) is 18.6 Å². The van der Waals surface area contributed by atoms with Crippen molar-refractivity contribution in [3.63, 3.8) is 0 Å². The third-order valence-corrected chi connectivity index (χ3v) is 1.87. The maximum atomic E-state index is 10.8. The predicted octanol–water partition coefficient (Wildman–Crippen LogP) is 0.430. The van der Waals surface area contributed by atoms with E-state index in [1.54, 1.807) is 12.3 Å². The summed E-state index contributed by atoms with van der Waals surface area (Å²) < 4.78 is 4.51. The number of nitrogens with two attached hydrogens (primary N) is 1. The van der Waals surface area contributed by atoms with Crippen molar-refractivity contribution in [2.24, 2.45) is 5.73 Å². The number of ether oxygens (including phenoxy) is 1. The molecule has 0 aliphatic carbocycles. The van der Waals surface area contributed by atoms with E-state index in [4.69, 9.17) is 5.73 Å². The first-order valence-electron chi connectivity index (χ1n) is 4.32. The molecule has 5 nitrogen and oxygen atoms in total. The van der Waals surface area contributed by atoms with Crippen LogP contribution in [-0.4, -0.2) is 23.0 Å². The van der Waals surface area contributed by atoms with Crippen molar-refractivity contribution < 1.29 is 9.53 Å². The summed E-state index contributed by atoms with van der Waals surface area (Å²) in [6.07, 6.45) is 3.90. The van der Waals surface area contributed by atoms with Crippen LogP contribution in [0.5, 0.6) is 0 Å². The van der Waals surface area contributed by atoms with Crippen LogP contribution in [0, 0.1) is 0 Å². The molecular weight excluding hydrogens is 182 g/mol. The number of nitrogens with zero attached hydrogens (tertiary/aromatic N) is 2. The third-order valence-electron chi connectivity index (χ3n) is 1.87. The van der Waals surface area contributed by atoms with Crippen molar-refractivity contribution in [2.75, 3.05) is 7.11 Å². The second kappa shape index (κ2) is 5.29. The quantitative estimate of drug-likeness (QED) is 0.705. The van der Waals surface area contributed by atoms with Crippen LogP contribution in [0.4, 0.5) is 0 Å². The fraction of sp³-hybridized carbons (Fsp3) is 0.444. The standard InChI is InChI=1S/C9H13N3O2/c1-14-9(13)3-2-7(10)8-4-5-11-6-12-8/h4-7H,2-3,10H2,1H3. The molecule has 0 fully saturated rings. The number of carbonyl (C=O) groups is 1. The monoisotopic (exact) mass is 195 g/mol. The van der Waals surface area contributed by atoms with E-state index in [0.29, 0.717) is 12.8 Å². The van der Waals surface area contributed by atoms with Gasteiger partial charge in [-0.3, -0.25) is 4.79 Å². The van der Waals surface area contributed by atoms with Crippen molar-refractivity contribution in [1.82, 2.24) is 9.97 Å². The molecule has 0 amide bonds. The molecule has 76 valence electrons. The van der Waals surface area contributed by atoms with Gasteiger partial charge in [0.15, 0.2) is 0 Å². The predicted molar refractivity (Wildman–Crippen MR) is 50.2 cm³/mol. The van der Waals surface area contributed by atoms with Gasteiger partial charge < -0.3 is 10.5 Å². The Morgan fingerprint density at radius 3 is 3.07 bits per heavy atom. The van der Waals surface area contributed by atoms with Crippen LogP contribution < -0.4 is 5.73 Å². The van der Waals surface area contributed by atoms with Gasteiger partial charge in [-0.1, -0.05) is 0 Å². The molecule has 1 rings (SSSR count). The highest BCUT2D eigenvalue weighted by Crippen LogP contribution is 2.11. The smallest absolute Gasteiger partial charge is 0.305 e. The van der Waals surface area contributed by atoms with E-state index < -0.39 is 0 Å². The Hall–Kier alpha value is -1.49. The van der Waals surface area contributed by atoms with Crippen molar-refractivity contribution in [1.29, 1.82) is 0 Å². The lowest BCUT2D eigenvalue weighted by molar-refractivity contribution is -0.140. The van der Waals surface area contributed by atoms with Crippen molar-refractivity contribution >= 4 is 5.97 Å². The zero-order valence-corrected chi connectivity index (χ0v) is 8.01. The summed E-state index contributed by atoms with van der Waals surface area (Å²) in [5, 5.41) is 0. The summed E-state index contributed by atoms with van der Waals surface area (Å²) in [5.74, 6) is -0.255. The number of hydrogen-bond acceptors (Lipinski definition) is 5. The van der Waals surface area contributed by atoms with Gasteiger partial charge in [0.25, 0.3) is 0 Å². The molecule has 0 aliphatic heterocycles. The molecule has 1 aromatic rings. The molecule has 0 radical (unpaired) electrons. The van der Waals surface area contributed by atoms with Gasteiger partial charge in [0.1, 0.15) is 6.33 Å². The van der Waals surface area contributed by atoms with Gasteiger partial charge in [-0.15, -0.1) is 0 Å². The number of carbonyl (C=O) groups excluding carboxylic acids is 1. The Balaban J connectivity index is 2.43. The van der Waals surface area contributed by atoms with Gasteiger partial charge in [-0.2, -0.15) is 0 Å². The molecule has 0 aromatic carbocycles. The SMILES string of the molecule is COC(=O)CCC(N)c1ccncn1. The third kappa shape index (κ3) is 3.10. The average molecular weight is 195 g/mol. The molecule has 1 heterocycles. The highest BCUT2D eigenvalue weighted by atomic mass is 16.5. The van der Waals surface area contributed by atoms with E-state index >= 15 is 0 Å². The highest BCUT2D eigenvalue weighted by Gasteiger charge is 2.09. The number of esters is 1. The Labute approximate surface area is 82.3 Å². The highest BCUT2D eigenvalue weighted by molar-refractivity contribution is 5.69. The van der Waals surface area contributed by atoms with E-state index in [-0.39, 0.29) is 12.0 Å². The molecule has 5 heteroatoms.